The Labute approximate surface area is 189 Å². The van der Waals surface area contributed by atoms with E-state index in [4.69, 9.17) is 4.52 Å². The van der Waals surface area contributed by atoms with E-state index >= 15 is 0 Å². The van der Waals surface area contributed by atoms with Crippen molar-refractivity contribution in [3.8, 4) is 0 Å². The molecule has 10 heteroatoms. The summed E-state index contributed by atoms with van der Waals surface area (Å²) in [5.74, 6) is -0.444. The summed E-state index contributed by atoms with van der Waals surface area (Å²) in [6.07, 6.45) is 0.828. The van der Waals surface area contributed by atoms with Gasteiger partial charge in [-0.25, -0.2) is 12.8 Å². The van der Waals surface area contributed by atoms with Gasteiger partial charge in [0.15, 0.2) is 5.76 Å². The largest absolute Gasteiger partial charge is 0.360 e. The zero-order valence-corrected chi connectivity index (χ0v) is 19.9. The van der Waals surface area contributed by atoms with Crippen molar-refractivity contribution < 1.29 is 22.1 Å². The maximum atomic E-state index is 14.2. The zero-order chi connectivity index (χ0) is 23.5. The highest BCUT2D eigenvalue weighted by Crippen LogP contribution is 2.28. The first kappa shape index (κ1) is 24.3. The molecule has 32 heavy (non-hydrogen) atoms. The lowest BCUT2D eigenvalue weighted by atomic mass is 9.96. The molecule has 0 spiro atoms. The summed E-state index contributed by atoms with van der Waals surface area (Å²) < 4.78 is 46.7. The summed E-state index contributed by atoms with van der Waals surface area (Å²) in [5, 5.41) is 3.75. The highest BCUT2D eigenvalue weighted by molar-refractivity contribution is 7.89. The van der Waals surface area contributed by atoms with E-state index in [0.29, 0.717) is 37.2 Å². The van der Waals surface area contributed by atoms with Crippen molar-refractivity contribution in [3.63, 3.8) is 0 Å². The second kappa shape index (κ2) is 10.1. The molecular weight excluding hydrogens is 435 g/mol. The molecule has 1 fully saturated rings. The van der Waals surface area contributed by atoms with Crippen LogP contribution in [0.2, 0.25) is 0 Å². The number of rotatable bonds is 8. The smallest absolute Gasteiger partial charge is 0.248 e. The molecule has 2 aromatic rings. The van der Waals surface area contributed by atoms with E-state index in [0.717, 1.165) is 0 Å². The molecular formula is C22H31FN4O4S. The molecule has 0 unspecified atom stereocenters. The molecule has 3 rings (SSSR count). The lowest BCUT2D eigenvalue weighted by Crippen LogP contribution is -2.45. The van der Waals surface area contributed by atoms with E-state index in [1.54, 1.807) is 36.9 Å². The van der Waals surface area contributed by atoms with Crippen molar-refractivity contribution in [2.75, 3.05) is 40.3 Å². The van der Waals surface area contributed by atoms with E-state index in [9.17, 15) is 17.6 Å². The highest BCUT2D eigenvalue weighted by Gasteiger charge is 2.36. The Bertz CT molecular complexity index is 1030. The van der Waals surface area contributed by atoms with Gasteiger partial charge in [0.1, 0.15) is 16.4 Å². The molecule has 1 aromatic carbocycles. The number of hydrogen-bond donors (Lipinski definition) is 0. The van der Waals surface area contributed by atoms with E-state index in [2.05, 4.69) is 5.16 Å². The monoisotopic (exact) mass is 466 g/mol. The van der Waals surface area contributed by atoms with Crippen molar-refractivity contribution in [1.82, 2.24) is 19.3 Å². The molecule has 0 atom stereocenters. The molecule has 1 aliphatic heterocycles. The van der Waals surface area contributed by atoms with Crippen LogP contribution in [0.25, 0.3) is 0 Å². The van der Waals surface area contributed by atoms with Crippen LogP contribution in [-0.4, -0.2) is 73.9 Å². The number of aromatic nitrogens is 1. The number of aryl methyl sites for hydroxylation is 2. The van der Waals surface area contributed by atoms with E-state index < -0.39 is 10.0 Å². The Balaban J connectivity index is 1.70. The summed E-state index contributed by atoms with van der Waals surface area (Å²) in [4.78, 5) is 17.1. The van der Waals surface area contributed by atoms with E-state index in [1.807, 2.05) is 19.0 Å². The van der Waals surface area contributed by atoms with Crippen LogP contribution in [0.3, 0.4) is 0 Å². The SMILES string of the molecule is Cc1noc(C)c1S(=O)(=O)N1CCC(C(=O)N(CCN(C)C)Cc2ccccc2F)CC1. The minimum absolute atomic E-state index is 0.0653. The van der Waals surface area contributed by atoms with Gasteiger partial charge in [-0.3, -0.25) is 4.79 Å². The van der Waals surface area contributed by atoms with Gasteiger partial charge in [-0.2, -0.15) is 4.31 Å². The number of amides is 1. The number of sulfonamides is 1. The Hall–Kier alpha value is -2.30. The highest BCUT2D eigenvalue weighted by atomic mass is 32.2. The second-order valence-corrected chi connectivity index (χ2v) is 10.4. The molecule has 0 aliphatic carbocycles. The van der Waals surface area contributed by atoms with Crippen LogP contribution in [0.5, 0.6) is 0 Å². The van der Waals surface area contributed by atoms with E-state index in [1.165, 1.54) is 10.4 Å². The number of carbonyl (C=O) groups is 1. The van der Waals surface area contributed by atoms with Gasteiger partial charge in [0.05, 0.1) is 0 Å². The number of carbonyl (C=O) groups excluding carboxylic acids is 1. The number of hydrogen-bond acceptors (Lipinski definition) is 6. The van der Waals surface area contributed by atoms with Crippen LogP contribution in [-0.2, 0) is 21.4 Å². The minimum Gasteiger partial charge on any atom is -0.360 e. The standard InChI is InChI=1S/C22H31FN4O4S/c1-16-21(17(2)31-24-16)32(29,30)27-11-9-18(10-12-27)22(28)26(14-13-25(3)4)15-19-7-5-6-8-20(19)23/h5-8,18H,9-15H2,1-4H3. The lowest BCUT2D eigenvalue weighted by Gasteiger charge is -2.34. The Kier molecular flexibility index (Phi) is 7.68. The van der Waals surface area contributed by atoms with Crippen molar-refractivity contribution >= 4 is 15.9 Å². The third-order valence-electron chi connectivity index (χ3n) is 5.82. The zero-order valence-electron chi connectivity index (χ0n) is 19.0. The van der Waals surface area contributed by atoms with Gasteiger partial charge in [0.25, 0.3) is 0 Å². The van der Waals surface area contributed by atoms with Gasteiger partial charge in [-0.05, 0) is 46.9 Å². The summed E-state index contributed by atoms with van der Waals surface area (Å²) in [7, 11) is 0.112. The topological polar surface area (TPSA) is 87.0 Å². The van der Waals surface area contributed by atoms with Gasteiger partial charge in [0.2, 0.25) is 15.9 Å². The van der Waals surface area contributed by atoms with Crippen LogP contribution in [0.4, 0.5) is 4.39 Å². The number of nitrogens with zero attached hydrogens (tertiary/aromatic N) is 4. The fraction of sp³-hybridized carbons (Fsp3) is 0.545. The Morgan fingerprint density at radius 2 is 1.84 bits per heavy atom. The fourth-order valence-corrected chi connectivity index (χ4v) is 5.75. The van der Waals surface area contributed by atoms with Crippen LogP contribution in [0.1, 0.15) is 29.9 Å². The molecule has 0 radical (unpaired) electrons. The number of likely N-dealkylation sites (N-methyl/N-ethyl adjacent to an activating group) is 1. The van der Waals surface area contributed by atoms with Gasteiger partial charge in [-0.1, -0.05) is 23.4 Å². The molecule has 176 valence electrons. The van der Waals surface area contributed by atoms with Crippen LogP contribution in [0, 0.1) is 25.6 Å². The van der Waals surface area contributed by atoms with E-state index in [-0.39, 0.29) is 47.9 Å². The van der Waals surface area contributed by atoms with Crippen molar-refractivity contribution in [1.29, 1.82) is 0 Å². The van der Waals surface area contributed by atoms with Gasteiger partial charge in [-0.15, -0.1) is 0 Å². The third kappa shape index (κ3) is 5.36. The molecule has 0 N–H and O–H groups in total. The summed E-state index contributed by atoms with van der Waals surface area (Å²) in [5.41, 5.74) is 0.804. The normalized spacial score (nSPS) is 15.9. The van der Waals surface area contributed by atoms with Gasteiger partial charge in [0, 0.05) is 44.2 Å². The van der Waals surface area contributed by atoms with Crippen LogP contribution >= 0.6 is 0 Å². The molecule has 0 saturated carbocycles. The molecule has 1 amide bonds. The maximum Gasteiger partial charge on any atom is 0.248 e. The average molecular weight is 467 g/mol. The summed E-state index contributed by atoms with van der Waals surface area (Å²) >= 11 is 0. The van der Waals surface area contributed by atoms with Gasteiger partial charge >= 0.3 is 0 Å². The first-order valence-electron chi connectivity index (χ1n) is 10.7. The predicted molar refractivity (Wildman–Crippen MR) is 118 cm³/mol. The van der Waals surface area contributed by atoms with Crippen LogP contribution in [0.15, 0.2) is 33.7 Å². The molecule has 1 aromatic heterocycles. The molecule has 8 nitrogen and oxygen atoms in total. The van der Waals surface area contributed by atoms with Crippen molar-refractivity contribution in [2.45, 2.75) is 38.1 Å². The Morgan fingerprint density at radius 3 is 2.41 bits per heavy atom. The average Bonchev–Trinajstić information content (AvgIpc) is 3.10. The predicted octanol–water partition coefficient (Wildman–Crippen LogP) is 2.42. The number of benzene rings is 1. The van der Waals surface area contributed by atoms with Crippen LogP contribution < -0.4 is 0 Å². The fourth-order valence-electron chi connectivity index (χ4n) is 3.99. The minimum atomic E-state index is -3.73. The Morgan fingerprint density at radius 1 is 1.19 bits per heavy atom. The molecule has 0 bridgehead atoms. The molecule has 2 heterocycles. The summed E-state index contributed by atoms with van der Waals surface area (Å²) in [6.45, 7) is 4.97. The molecule has 1 saturated heterocycles. The first-order valence-corrected chi connectivity index (χ1v) is 12.1. The van der Waals surface area contributed by atoms with Crippen molar-refractivity contribution in [2.24, 2.45) is 5.92 Å². The number of halogens is 1. The summed E-state index contributed by atoms with van der Waals surface area (Å²) in [6, 6.07) is 6.46. The second-order valence-electron chi connectivity index (χ2n) is 8.49. The lowest BCUT2D eigenvalue weighted by molar-refractivity contribution is -0.137. The van der Waals surface area contributed by atoms with Gasteiger partial charge < -0.3 is 14.3 Å². The molecule has 1 aliphatic rings. The number of piperidine rings is 1. The van der Waals surface area contributed by atoms with Crippen molar-refractivity contribution in [3.05, 3.63) is 47.1 Å². The third-order valence-corrected chi connectivity index (χ3v) is 7.96. The quantitative estimate of drug-likeness (QED) is 0.594. The first-order chi connectivity index (χ1) is 15.1. The maximum absolute atomic E-state index is 14.2.